The number of ether oxygens (including phenoxy) is 1. The summed E-state index contributed by atoms with van der Waals surface area (Å²) < 4.78 is 18.9. The average Bonchev–Trinajstić information content (AvgIpc) is 2.50. The molecule has 0 amide bonds. The highest BCUT2D eigenvalue weighted by Gasteiger charge is 2.20. The van der Waals surface area contributed by atoms with Gasteiger partial charge in [-0.05, 0) is 26.0 Å². The van der Waals surface area contributed by atoms with Gasteiger partial charge in [0.05, 0.1) is 19.3 Å². The molecule has 0 radical (unpaired) electrons. The molecule has 1 N–H and O–H groups in total. The number of rotatable bonds is 7. The van der Waals surface area contributed by atoms with Gasteiger partial charge in [-0.15, -0.1) is 0 Å². The first-order chi connectivity index (χ1) is 10.2. The molecule has 0 aliphatic heterocycles. The molecule has 1 aliphatic carbocycles. The van der Waals surface area contributed by atoms with Crippen molar-refractivity contribution < 1.29 is 14.2 Å². The number of benzene rings is 1. The van der Waals surface area contributed by atoms with Gasteiger partial charge in [0.2, 0.25) is 0 Å². The van der Waals surface area contributed by atoms with Crippen LogP contribution in [0.1, 0.15) is 37.7 Å². The molecule has 3 nitrogen and oxygen atoms in total. The van der Waals surface area contributed by atoms with Gasteiger partial charge in [0.1, 0.15) is 5.82 Å². The first-order valence-electron chi connectivity index (χ1n) is 7.86. The van der Waals surface area contributed by atoms with Crippen molar-refractivity contribution in [3.05, 3.63) is 35.6 Å². The molecule has 0 unspecified atom stereocenters. The molecule has 1 aromatic carbocycles. The van der Waals surface area contributed by atoms with Crippen LogP contribution in [0.4, 0.5) is 4.39 Å². The molecular weight excluding hydrogens is 269 g/mol. The predicted octanol–water partition coefficient (Wildman–Crippen LogP) is 2.97. The van der Waals surface area contributed by atoms with Crippen molar-refractivity contribution in [1.82, 2.24) is 4.90 Å². The minimum absolute atomic E-state index is 0.205. The maximum Gasteiger partial charge on any atom is 0.128 e. The summed E-state index contributed by atoms with van der Waals surface area (Å²) in [4.78, 5) is 2.23. The number of aliphatic hydroxyl groups is 1. The van der Waals surface area contributed by atoms with Crippen molar-refractivity contribution in [2.45, 2.75) is 50.9 Å². The SMILES string of the molecule is CN(C[C@H](O)COCc1ccccc1F)C1CCCCC1. The van der Waals surface area contributed by atoms with Crippen molar-refractivity contribution in [3.63, 3.8) is 0 Å². The smallest absolute Gasteiger partial charge is 0.128 e. The highest BCUT2D eigenvalue weighted by Crippen LogP contribution is 2.21. The lowest BCUT2D eigenvalue weighted by atomic mass is 9.94. The molecule has 1 aromatic rings. The summed E-state index contributed by atoms with van der Waals surface area (Å²) in [6.07, 6.45) is 5.82. The fraction of sp³-hybridized carbons (Fsp3) is 0.647. The van der Waals surface area contributed by atoms with Gasteiger partial charge in [0.15, 0.2) is 0 Å². The second kappa shape index (κ2) is 8.47. The Balaban J connectivity index is 1.67. The first-order valence-corrected chi connectivity index (χ1v) is 7.86. The summed E-state index contributed by atoms with van der Waals surface area (Å²) in [6, 6.07) is 7.16. The fourth-order valence-corrected chi connectivity index (χ4v) is 2.98. The van der Waals surface area contributed by atoms with Crippen LogP contribution in [-0.4, -0.2) is 42.4 Å². The summed E-state index contributed by atoms with van der Waals surface area (Å²) in [7, 11) is 2.07. The Labute approximate surface area is 126 Å². The number of hydrogen-bond acceptors (Lipinski definition) is 3. The Morgan fingerprint density at radius 1 is 1.29 bits per heavy atom. The van der Waals surface area contributed by atoms with Gasteiger partial charge in [-0.2, -0.15) is 0 Å². The van der Waals surface area contributed by atoms with Gasteiger partial charge in [-0.1, -0.05) is 37.5 Å². The maximum absolute atomic E-state index is 13.4. The molecule has 0 saturated heterocycles. The van der Waals surface area contributed by atoms with E-state index in [-0.39, 0.29) is 19.0 Å². The van der Waals surface area contributed by atoms with Gasteiger partial charge in [0, 0.05) is 18.2 Å². The van der Waals surface area contributed by atoms with E-state index >= 15 is 0 Å². The Kier molecular flexibility index (Phi) is 6.61. The molecule has 21 heavy (non-hydrogen) atoms. The third-order valence-electron chi connectivity index (χ3n) is 4.22. The molecule has 2 rings (SSSR count). The zero-order chi connectivity index (χ0) is 15.1. The molecule has 1 atom stereocenters. The molecule has 0 heterocycles. The van der Waals surface area contributed by atoms with Gasteiger partial charge < -0.3 is 14.7 Å². The lowest BCUT2D eigenvalue weighted by Gasteiger charge is -2.32. The van der Waals surface area contributed by atoms with Crippen molar-refractivity contribution >= 4 is 0 Å². The van der Waals surface area contributed by atoms with Crippen LogP contribution in [0.5, 0.6) is 0 Å². The molecule has 0 aromatic heterocycles. The maximum atomic E-state index is 13.4. The molecule has 118 valence electrons. The molecule has 0 spiro atoms. The Hall–Kier alpha value is -0.970. The minimum atomic E-state index is -0.524. The lowest BCUT2D eigenvalue weighted by molar-refractivity contribution is 0.00419. The average molecular weight is 295 g/mol. The quantitative estimate of drug-likeness (QED) is 0.839. The van der Waals surface area contributed by atoms with Gasteiger partial charge in [0.25, 0.3) is 0 Å². The molecular formula is C17H26FNO2. The number of likely N-dealkylation sites (N-methyl/N-ethyl adjacent to an activating group) is 1. The zero-order valence-electron chi connectivity index (χ0n) is 12.8. The number of halogens is 1. The van der Waals surface area contributed by atoms with Crippen LogP contribution in [0.2, 0.25) is 0 Å². The van der Waals surface area contributed by atoms with Crippen molar-refractivity contribution in [2.24, 2.45) is 0 Å². The van der Waals surface area contributed by atoms with E-state index in [9.17, 15) is 9.50 Å². The highest BCUT2D eigenvalue weighted by molar-refractivity contribution is 5.16. The van der Waals surface area contributed by atoms with Crippen LogP contribution in [0.3, 0.4) is 0 Å². The highest BCUT2D eigenvalue weighted by atomic mass is 19.1. The van der Waals surface area contributed by atoms with Gasteiger partial charge >= 0.3 is 0 Å². The van der Waals surface area contributed by atoms with Crippen molar-refractivity contribution in [1.29, 1.82) is 0 Å². The van der Waals surface area contributed by atoms with E-state index in [1.165, 1.54) is 38.2 Å². The zero-order valence-corrected chi connectivity index (χ0v) is 12.8. The molecule has 0 bridgehead atoms. The summed E-state index contributed by atoms with van der Waals surface area (Å²) in [6.45, 7) is 1.06. The third kappa shape index (κ3) is 5.38. The third-order valence-corrected chi connectivity index (χ3v) is 4.22. The monoisotopic (exact) mass is 295 g/mol. The minimum Gasteiger partial charge on any atom is -0.389 e. The van der Waals surface area contributed by atoms with Gasteiger partial charge in [-0.25, -0.2) is 4.39 Å². The second-order valence-electron chi connectivity index (χ2n) is 5.99. The Morgan fingerprint density at radius 2 is 2.00 bits per heavy atom. The number of aliphatic hydroxyl groups excluding tert-OH is 1. The molecule has 1 saturated carbocycles. The van der Waals surface area contributed by atoms with E-state index in [0.717, 1.165) is 0 Å². The van der Waals surface area contributed by atoms with Crippen LogP contribution < -0.4 is 0 Å². The number of nitrogens with zero attached hydrogens (tertiary/aromatic N) is 1. The number of hydrogen-bond donors (Lipinski definition) is 1. The summed E-state index contributed by atoms with van der Waals surface area (Å²) in [5.74, 6) is -0.258. The summed E-state index contributed by atoms with van der Waals surface area (Å²) >= 11 is 0. The van der Waals surface area contributed by atoms with E-state index in [0.29, 0.717) is 18.2 Å². The summed E-state index contributed by atoms with van der Waals surface area (Å²) in [5, 5.41) is 10.0. The largest absolute Gasteiger partial charge is 0.389 e. The van der Waals surface area contributed by atoms with Crippen LogP contribution >= 0.6 is 0 Å². The first kappa shape index (κ1) is 16.4. The molecule has 1 aliphatic rings. The van der Waals surface area contributed by atoms with Gasteiger partial charge in [-0.3, -0.25) is 0 Å². The van der Waals surface area contributed by atoms with Crippen LogP contribution in [0.25, 0.3) is 0 Å². The normalized spacial score (nSPS) is 18.1. The van der Waals surface area contributed by atoms with Crippen LogP contribution in [0, 0.1) is 5.82 Å². The van der Waals surface area contributed by atoms with E-state index in [1.54, 1.807) is 18.2 Å². The lowest BCUT2D eigenvalue weighted by Crippen LogP contribution is -2.40. The predicted molar refractivity (Wildman–Crippen MR) is 81.6 cm³/mol. The van der Waals surface area contributed by atoms with E-state index in [1.807, 2.05) is 0 Å². The fourth-order valence-electron chi connectivity index (χ4n) is 2.98. The van der Waals surface area contributed by atoms with E-state index < -0.39 is 6.10 Å². The second-order valence-corrected chi connectivity index (χ2v) is 5.99. The Morgan fingerprint density at radius 3 is 2.71 bits per heavy atom. The van der Waals surface area contributed by atoms with Crippen LogP contribution in [0.15, 0.2) is 24.3 Å². The Bertz CT molecular complexity index is 421. The summed E-state index contributed by atoms with van der Waals surface area (Å²) in [5.41, 5.74) is 0.533. The molecule has 1 fully saturated rings. The molecule has 4 heteroatoms. The van der Waals surface area contributed by atoms with Crippen molar-refractivity contribution in [3.8, 4) is 0 Å². The standard InChI is InChI=1S/C17H26FNO2/c1-19(15-8-3-2-4-9-15)11-16(20)13-21-12-14-7-5-6-10-17(14)18/h5-7,10,15-16,20H,2-4,8-9,11-13H2,1H3/t16-/m0/s1. The van der Waals surface area contributed by atoms with E-state index in [2.05, 4.69) is 11.9 Å². The van der Waals surface area contributed by atoms with Crippen LogP contribution in [-0.2, 0) is 11.3 Å². The van der Waals surface area contributed by atoms with Crippen molar-refractivity contribution in [2.75, 3.05) is 20.2 Å². The van der Waals surface area contributed by atoms with E-state index in [4.69, 9.17) is 4.74 Å². The topological polar surface area (TPSA) is 32.7 Å².